The molecule has 2 aliphatic heterocycles. The molecule has 2 fully saturated rings. The van der Waals surface area contributed by atoms with Gasteiger partial charge in [0.2, 0.25) is 5.91 Å². The summed E-state index contributed by atoms with van der Waals surface area (Å²) in [5.74, 6) is -0.109. The number of hydrogen-bond donors (Lipinski definition) is 4. The normalized spacial score (nSPS) is 23.8. The molecule has 0 unspecified atom stereocenters. The van der Waals surface area contributed by atoms with E-state index in [0.717, 1.165) is 31.8 Å². The third-order valence-electron chi connectivity index (χ3n) is 5.94. The maximum atomic E-state index is 12.6. The van der Waals surface area contributed by atoms with Gasteiger partial charge in [-0.25, -0.2) is 4.79 Å². The first-order valence-corrected chi connectivity index (χ1v) is 11.2. The smallest absolute Gasteiger partial charge is 0.394 e. The second kappa shape index (κ2) is 11.7. The number of likely N-dealkylation sites (tertiary alicyclic amines) is 1. The Hall–Kier alpha value is -2.37. The minimum Gasteiger partial charge on any atom is -0.394 e. The van der Waals surface area contributed by atoms with Crippen LogP contribution in [-0.4, -0.2) is 73.0 Å². The van der Waals surface area contributed by atoms with Crippen LogP contribution in [0.4, 0.5) is 23.7 Å². The van der Waals surface area contributed by atoms with Gasteiger partial charge in [-0.15, -0.1) is 0 Å². The Labute approximate surface area is 190 Å². The summed E-state index contributed by atoms with van der Waals surface area (Å²) in [6.07, 6.45) is -1.88. The van der Waals surface area contributed by atoms with Crippen molar-refractivity contribution in [2.75, 3.05) is 38.1 Å². The molecule has 0 saturated carbocycles. The fourth-order valence-electron chi connectivity index (χ4n) is 4.16. The van der Waals surface area contributed by atoms with E-state index >= 15 is 0 Å². The van der Waals surface area contributed by atoms with Gasteiger partial charge in [0.1, 0.15) is 6.10 Å². The molecule has 3 rings (SSSR count). The van der Waals surface area contributed by atoms with Crippen molar-refractivity contribution in [1.82, 2.24) is 15.5 Å². The van der Waals surface area contributed by atoms with Crippen LogP contribution in [0.5, 0.6) is 0 Å². The summed E-state index contributed by atoms with van der Waals surface area (Å²) in [6, 6.07) is 3.01. The zero-order valence-electron chi connectivity index (χ0n) is 18.4. The minimum atomic E-state index is -4.45. The van der Waals surface area contributed by atoms with Gasteiger partial charge < -0.3 is 30.7 Å². The van der Waals surface area contributed by atoms with Crippen LogP contribution >= 0.6 is 0 Å². The van der Waals surface area contributed by atoms with Crippen LogP contribution in [0, 0.1) is 0 Å². The predicted octanol–water partition coefficient (Wildman–Crippen LogP) is 2.34. The standard InChI is InChI=1S/C22H31F3N4O4/c23-22(24,25)15-3-5-16(6-4-15)27-21(32)28-18-8-7-17(33-19(18)14-30)13-20(31)26-9-12-29-10-1-2-11-29/h3-6,17-19,30H,1-2,7-14H2,(H,26,31)(H2,27,28,32)/t17-,18+,19-/m1/s1. The number of alkyl halides is 3. The highest BCUT2D eigenvalue weighted by atomic mass is 19.4. The summed E-state index contributed by atoms with van der Waals surface area (Å²) >= 11 is 0. The van der Waals surface area contributed by atoms with Gasteiger partial charge in [-0.05, 0) is 63.0 Å². The summed E-state index contributed by atoms with van der Waals surface area (Å²) in [5, 5.41) is 17.7. The van der Waals surface area contributed by atoms with Crippen molar-refractivity contribution < 1.29 is 32.6 Å². The second-order valence-corrected chi connectivity index (χ2v) is 8.44. The van der Waals surface area contributed by atoms with Crippen molar-refractivity contribution >= 4 is 17.6 Å². The lowest BCUT2D eigenvalue weighted by Gasteiger charge is -2.36. The summed E-state index contributed by atoms with van der Waals surface area (Å²) in [7, 11) is 0. The molecule has 3 atom stereocenters. The molecule has 8 nitrogen and oxygen atoms in total. The van der Waals surface area contributed by atoms with Gasteiger partial charge in [-0.1, -0.05) is 0 Å². The molecule has 33 heavy (non-hydrogen) atoms. The molecule has 2 heterocycles. The average molecular weight is 473 g/mol. The predicted molar refractivity (Wildman–Crippen MR) is 116 cm³/mol. The molecule has 0 radical (unpaired) electrons. The summed E-state index contributed by atoms with van der Waals surface area (Å²) in [5.41, 5.74) is -0.595. The first-order chi connectivity index (χ1) is 15.7. The molecular weight excluding hydrogens is 441 g/mol. The molecule has 1 aromatic carbocycles. The molecule has 2 saturated heterocycles. The van der Waals surface area contributed by atoms with E-state index < -0.39 is 29.9 Å². The third kappa shape index (κ3) is 7.86. The van der Waals surface area contributed by atoms with Gasteiger partial charge in [0.25, 0.3) is 0 Å². The minimum absolute atomic E-state index is 0.109. The monoisotopic (exact) mass is 472 g/mol. The zero-order valence-corrected chi connectivity index (χ0v) is 18.4. The fraction of sp³-hybridized carbons (Fsp3) is 0.636. The van der Waals surface area contributed by atoms with Crippen LogP contribution in [0.3, 0.4) is 0 Å². The van der Waals surface area contributed by atoms with E-state index in [1.165, 1.54) is 25.0 Å². The summed E-state index contributed by atoms with van der Waals surface area (Å²) in [6.45, 7) is 3.22. The van der Waals surface area contributed by atoms with Crippen LogP contribution in [0.15, 0.2) is 24.3 Å². The number of aliphatic hydroxyl groups is 1. The Kier molecular flexibility index (Phi) is 8.93. The maximum Gasteiger partial charge on any atom is 0.416 e. The molecule has 3 amide bonds. The van der Waals surface area contributed by atoms with Crippen molar-refractivity contribution in [2.24, 2.45) is 0 Å². The number of halogens is 3. The lowest BCUT2D eigenvalue weighted by Crippen LogP contribution is -2.52. The number of ether oxygens (including phenoxy) is 1. The van der Waals surface area contributed by atoms with Crippen molar-refractivity contribution in [2.45, 2.75) is 56.5 Å². The van der Waals surface area contributed by atoms with E-state index in [9.17, 15) is 27.9 Å². The second-order valence-electron chi connectivity index (χ2n) is 8.44. The van der Waals surface area contributed by atoms with Crippen LogP contribution in [0.25, 0.3) is 0 Å². The SMILES string of the molecule is O=C(C[C@H]1CC[C@H](NC(=O)Nc2ccc(C(F)(F)F)cc2)[C@@H](CO)O1)NCCN1CCCC1. The number of carbonyl (C=O) groups is 2. The van der Waals surface area contributed by atoms with Crippen LogP contribution in [0.1, 0.15) is 37.7 Å². The van der Waals surface area contributed by atoms with Crippen LogP contribution < -0.4 is 16.0 Å². The van der Waals surface area contributed by atoms with E-state index in [-0.39, 0.29) is 30.7 Å². The fourth-order valence-corrected chi connectivity index (χ4v) is 4.16. The van der Waals surface area contributed by atoms with E-state index in [4.69, 9.17) is 4.74 Å². The van der Waals surface area contributed by atoms with Gasteiger partial charge in [0.15, 0.2) is 0 Å². The van der Waals surface area contributed by atoms with Gasteiger partial charge in [-0.3, -0.25) is 4.79 Å². The van der Waals surface area contributed by atoms with Gasteiger partial charge >= 0.3 is 12.2 Å². The van der Waals surface area contributed by atoms with Crippen molar-refractivity contribution in [1.29, 1.82) is 0 Å². The average Bonchev–Trinajstić information content (AvgIpc) is 3.28. The number of nitrogens with zero attached hydrogens (tertiary/aromatic N) is 1. The number of carbonyl (C=O) groups excluding carboxylic acids is 2. The molecular formula is C22H31F3N4O4. The number of benzene rings is 1. The summed E-state index contributed by atoms with van der Waals surface area (Å²) in [4.78, 5) is 26.8. The quantitative estimate of drug-likeness (QED) is 0.465. The van der Waals surface area contributed by atoms with Gasteiger partial charge in [-0.2, -0.15) is 13.2 Å². The van der Waals surface area contributed by atoms with E-state index in [2.05, 4.69) is 20.9 Å². The number of aliphatic hydroxyl groups excluding tert-OH is 1. The lowest BCUT2D eigenvalue weighted by molar-refractivity contribution is -0.137. The Morgan fingerprint density at radius 3 is 2.45 bits per heavy atom. The number of hydrogen-bond acceptors (Lipinski definition) is 5. The molecule has 0 aromatic heterocycles. The van der Waals surface area contributed by atoms with Crippen LogP contribution in [-0.2, 0) is 15.7 Å². The number of rotatable bonds is 8. The molecule has 0 spiro atoms. The Balaban J connectivity index is 1.40. The molecule has 1 aromatic rings. The van der Waals surface area contributed by atoms with Crippen molar-refractivity contribution in [3.05, 3.63) is 29.8 Å². The molecule has 0 aliphatic carbocycles. The molecule has 11 heteroatoms. The van der Waals surface area contributed by atoms with Gasteiger partial charge in [0, 0.05) is 18.8 Å². The Morgan fingerprint density at radius 1 is 1.12 bits per heavy atom. The number of amides is 3. The van der Waals surface area contributed by atoms with Crippen molar-refractivity contribution in [3.8, 4) is 0 Å². The highest BCUT2D eigenvalue weighted by Crippen LogP contribution is 2.30. The lowest BCUT2D eigenvalue weighted by atomic mass is 9.97. The number of anilines is 1. The number of urea groups is 1. The highest BCUT2D eigenvalue weighted by molar-refractivity contribution is 5.89. The van der Waals surface area contributed by atoms with Crippen LogP contribution in [0.2, 0.25) is 0 Å². The number of nitrogens with one attached hydrogen (secondary N) is 3. The van der Waals surface area contributed by atoms with Gasteiger partial charge in [0.05, 0.1) is 30.7 Å². The van der Waals surface area contributed by atoms with E-state index in [1.807, 2.05) is 0 Å². The molecule has 2 aliphatic rings. The first-order valence-electron chi connectivity index (χ1n) is 11.2. The van der Waals surface area contributed by atoms with E-state index in [1.54, 1.807) is 0 Å². The molecule has 184 valence electrons. The third-order valence-corrected chi connectivity index (χ3v) is 5.94. The highest BCUT2D eigenvalue weighted by Gasteiger charge is 2.33. The largest absolute Gasteiger partial charge is 0.416 e. The molecule has 0 bridgehead atoms. The first kappa shape index (κ1) is 25.3. The zero-order chi connectivity index (χ0) is 23.8. The van der Waals surface area contributed by atoms with E-state index in [0.29, 0.717) is 19.4 Å². The Bertz CT molecular complexity index is 785. The topological polar surface area (TPSA) is 103 Å². The maximum absolute atomic E-state index is 12.6. The summed E-state index contributed by atoms with van der Waals surface area (Å²) < 4.78 is 43.7. The molecule has 4 N–H and O–H groups in total. The Morgan fingerprint density at radius 2 is 1.82 bits per heavy atom. The van der Waals surface area contributed by atoms with Crippen molar-refractivity contribution in [3.63, 3.8) is 0 Å².